The molecule has 8 heteroatoms. The van der Waals surface area contributed by atoms with Crippen molar-refractivity contribution in [2.75, 3.05) is 50.7 Å². The Morgan fingerprint density at radius 3 is 2.40 bits per heavy atom. The first kappa shape index (κ1) is 21.9. The highest BCUT2D eigenvalue weighted by Crippen LogP contribution is 2.39. The molecule has 1 aromatic heterocycles. The number of thioether (sulfide) groups is 1. The van der Waals surface area contributed by atoms with Crippen LogP contribution in [0.3, 0.4) is 0 Å². The third-order valence-electron chi connectivity index (χ3n) is 4.80. The van der Waals surface area contributed by atoms with Gasteiger partial charge < -0.3 is 19.5 Å². The maximum Gasteiger partial charge on any atom is 0.148 e. The fourth-order valence-electron chi connectivity index (χ4n) is 3.42. The molecule has 0 saturated carbocycles. The largest absolute Gasteiger partial charge is 0.491 e. The van der Waals surface area contributed by atoms with Crippen LogP contribution in [0.4, 0.5) is 5.82 Å². The Labute approximate surface area is 180 Å². The molecule has 1 aliphatic rings. The van der Waals surface area contributed by atoms with E-state index in [0.717, 1.165) is 31.5 Å². The molecule has 1 fully saturated rings. The number of nitriles is 2. The summed E-state index contributed by atoms with van der Waals surface area (Å²) in [5.74, 6) is 1.74. The minimum atomic E-state index is -0.0148. The van der Waals surface area contributed by atoms with Crippen molar-refractivity contribution < 1.29 is 14.6 Å². The van der Waals surface area contributed by atoms with Crippen molar-refractivity contribution in [3.63, 3.8) is 0 Å². The van der Waals surface area contributed by atoms with E-state index in [1.165, 1.54) is 11.8 Å². The van der Waals surface area contributed by atoms with Gasteiger partial charge in [0.05, 0.1) is 18.8 Å². The molecule has 2 aromatic rings. The summed E-state index contributed by atoms with van der Waals surface area (Å²) in [6, 6.07) is 11.9. The van der Waals surface area contributed by atoms with Crippen LogP contribution < -0.4 is 9.64 Å². The minimum absolute atomic E-state index is 0.0148. The number of hydrogen-bond acceptors (Lipinski definition) is 8. The number of aliphatic hydroxyl groups is 1. The predicted molar refractivity (Wildman–Crippen MR) is 116 cm³/mol. The Kier molecular flexibility index (Phi) is 7.92. The summed E-state index contributed by atoms with van der Waals surface area (Å²) >= 11 is 1.33. The number of anilines is 1. The first-order chi connectivity index (χ1) is 14.7. The maximum absolute atomic E-state index is 9.99. The summed E-state index contributed by atoms with van der Waals surface area (Å²) in [5, 5.41) is 29.7. The second-order valence-corrected chi connectivity index (χ2v) is 7.80. The predicted octanol–water partition coefficient (Wildman–Crippen LogP) is 3.20. The number of methoxy groups -OCH3 is 1. The molecule has 2 heterocycles. The number of aromatic nitrogens is 1. The van der Waals surface area contributed by atoms with Gasteiger partial charge in [-0.25, -0.2) is 4.98 Å². The van der Waals surface area contributed by atoms with Gasteiger partial charge in [0, 0.05) is 31.5 Å². The Morgan fingerprint density at radius 2 is 1.80 bits per heavy atom. The minimum Gasteiger partial charge on any atom is -0.491 e. The van der Waals surface area contributed by atoms with Gasteiger partial charge >= 0.3 is 0 Å². The molecule has 1 aliphatic heterocycles. The first-order valence-corrected chi connectivity index (χ1v) is 10.8. The van der Waals surface area contributed by atoms with Crippen LogP contribution in [-0.2, 0) is 4.74 Å². The molecule has 0 amide bonds. The Morgan fingerprint density at radius 1 is 1.10 bits per heavy atom. The Bertz CT molecular complexity index is 945. The normalized spacial score (nSPS) is 13.1. The van der Waals surface area contributed by atoms with Crippen LogP contribution in [0.5, 0.6) is 5.75 Å². The van der Waals surface area contributed by atoms with E-state index in [9.17, 15) is 15.6 Å². The van der Waals surface area contributed by atoms with Crippen molar-refractivity contribution in [3.05, 3.63) is 35.4 Å². The lowest BCUT2D eigenvalue weighted by Crippen LogP contribution is -2.21. The zero-order valence-electron chi connectivity index (χ0n) is 16.9. The van der Waals surface area contributed by atoms with Crippen molar-refractivity contribution in [1.29, 1.82) is 10.5 Å². The Balaban J connectivity index is 2.09. The molecule has 7 nitrogen and oxygen atoms in total. The molecule has 0 aliphatic carbocycles. The maximum atomic E-state index is 9.99. The monoisotopic (exact) mass is 424 g/mol. The molecule has 0 unspecified atom stereocenters. The lowest BCUT2D eigenvalue weighted by Gasteiger charge is -2.22. The van der Waals surface area contributed by atoms with Crippen LogP contribution in [0.1, 0.15) is 24.0 Å². The van der Waals surface area contributed by atoms with Gasteiger partial charge in [-0.05, 0) is 30.5 Å². The highest BCUT2D eigenvalue weighted by Gasteiger charge is 2.26. The van der Waals surface area contributed by atoms with E-state index in [0.29, 0.717) is 52.3 Å². The second kappa shape index (κ2) is 10.8. The summed E-state index contributed by atoms with van der Waals surface area (Å²) in [4.78, 5) is 6.79. The van der Waals surface area contributed by atoms with E-state index in [1.807, 2.05) is 24.3 Å². The van der Waals surface area contributed by atoms with Crippen LogP contribution in [-0.4, -0.2) is 55.9 Å². The standard InChI is InChI=1S/C22H24N4O3S/c1-28-11-12-29-17-6-4-16(5-7-17)20-18(14-23)21(26-8-2-3-9-26)25-22(19(20)15-24)30-13-10-27/h4-7,27H,2-3,8-13H2,1H3. The Hall–Kier alpha value is -2.78. The van der Waals surface area contributed by atoms with E-state index in [1.54, 1.807) is 7.11 Å². The molecule has 0 atom stereocenters. The topological polar surface area (TPSA) is 102 Å². The highest BCUT2D eigenvalue weighted by molar-refractivity contribution is 7.99. The van der Waals surface area contributed by atoms with Gasteiger partial charge in [-0.3, -0.25) is 0 Å². The van der Waals surface area contributed by atoms with Gasteiger partial charge in [-0.2, -0.15) is 10.5 Å². The van der Waals surface area contributed by atoms with Gasteiger partial charge in [0.25, 0.3) is 0 Å². The average molecular weight is 425 g/mol. The average Bonchev–Trinajstić information content (AvgIpc) is 3.32. The van der Waals surface area contributed by atoms with E-state index in [-0.39, 0.29) is 6.61 Å². The SMILES string of the molecule is COCCOc1ccc(-c2c(C#N)c(SCCO)nc(N3CCCC3)c2C#N)cc1. The number of benzene rings is 1. The van der Waals surface area contributed by atoms with Crippen LogP contribution in [0, 0.1) is 22.7 Å². The van der Waals surface area contributed by atoms with Gasteiger partial charge in [0.2, 0.25) is 0 Å². The fourth-order valence-corrected chi connectivity index (χ4v) is 4.14. The van der Waals surface area contributed by atoms with Gasteiger partial charge in [-0.15, -0.1) is 11.8 Å². The van der Waals surface area contributed by atoms with Crippen molar-refractivity contribution in [3.8, 4) is 29.0 Å². The second-order valence-electron chi connectivity index (χ2n) is 6.72. The smallest absolute Gasteiger partial charge is 0.148 e. The summed E-state index contributed by atoms with van der Waals surface area (Å²) < 4.78 is 10.6. The summed E-state index contributed by atoms with van der Waals surface area (Å²) in [7, 11) is 1.62. The van der Waals surface area contributed by atoms with Crippen LogP contribution in [0.2, 0.25) is 0 Å². The van der Waals surface area contributed by atoms with Crippen molar-refractivity contribution >= 4 is 17.6 Å². The molecule has 30 heavy (non-hydrogen) atoms. The highest BCUT2D eigenvalue weighted by atomic mass is 32.2. The van der Waals surface area contributed by atoms with Crippen LogP contribution in [0.25, 0.3) is 11.1 Å². The quantitative estimate of drug-likeness (QED) is 0.484. The third-order valence-corrected chi connectivity index (χ3v) is 5.76. The van der Waals surface area contributed by atoms with E-state index >= 15 is 0 Å². The van der Waals surface area contributed by atoms with Gasteiger partial charge in [0.1, 0.15) is 40.9 Å². The summed E-state index contributed by atoms with van der Waals surface area (Å²) in [6.45, 7) is 2.60. The zero-order chi connectivity index (χ0) is 21.3. The molecule has 0 bridgehead atoms. The molecular formula is C22H24N4O3S. The summed E-state index contributed by atoms with van der Waals surface area (Å²) in [5.41, 5.74) is 2.12. The number of nitrogens with zero attached hydrogens (tertiary/aromatic N) is 4. The fraction of sp³-hybridized carbons (Fsp3) is 0.409. The summed E-state index contributed by atoms with van der Waals surface area (Å²) in [6.07, 6.45) is 2.10. The molecule has 156 valence electrons. The first-order valence-electron chi connectivity index (χ1n) is 9.82. The van der Waals surface area contributed by atoms with E-state index in [2.05, 4.69) is 22.0 Å². The van der Waals surface area contributed by atoms with Crippen molar-refractivity contribution in [2.24, 2.45) is 0 Å². The third kappa shape index (κ3) is 4.85. The number of aliphatic hydroxyl groups excluding tert-OH is 1. The van der Waals surface area contributed by atoms with Crippen molar-refractivity contribution in [2.45, 2.75) is 17.9 Å². The molecule has 1 aromatic carbocycles. The van der Waals surface area contributed by atoms with E-state index < -0.39 is 0 Å². The number of pyridine rings is 1. The number of rotatable bonds is 9. The van der Waals surface area contributed by atoms with E-state index in [4.69, 9.17) is 9.47 Å². The molecular weight excluding hydrogens is 400 g/mol. The lowest BCUT2D eigenvalue weighted by molar-refractivity contribution is 0.146. The number of ether oxygens (including phenoxy) is 2. The van der Waals surface area contributed by atoms with Gasteiger partial charge in [0.15, 0.2) is 0 Å². The molecule has 3 rings (SSSR count). The molecule has 0 radical (unpaired) electrons. The van der Waals surface area contributed by atoms with Crippen LogP contribution >= 0.6 is 11.8 Å². The molecule has 0 spiro atoms. The van der Waals surface area contributed by atoms with Gasteiger partial charge in [-0.1, -0.05) is 12.1 Å². The molecule has 1 N–H and O–H groups in total. The van der Waals surface area contributed by atoms with Crippen molar-refractivity contribution in [1.82, 2.24) is 4.98 Å². The molecule has 1 saturated heterocycles. The zero-order valence-corrected chi connectivity index (χ0v) is 17.7. The lowest BCUT2D eigenvalue weighted by atomic mass is 9.96. The van der Waals surface area contributed by atoms with Crippen LogP contribution in [0.15, 0.2) is 29.3 Å². The number of hydrogen-bond donors (Lipinski definition) is 1.